The molecule has 1 aliphatic rings. The Balaban J connectivity index is 2.21. The molecule has 0 radical (unpaired) electrons. The van der Waals surface area contributed by atoms with E-state index in [0.717, 1.165) is 29.0 Å². The van der Waals surface area contributed by atoms with Crippen LogP contribution in [-0.4, -0.2) is 30.2 Å². The van der Waals surface area contributed by atoms with Crippen LogP contribution in [0.3, 0.4) is 0 Å². The predicted molar refractivity (Wildman–Crippen MR) is 83.4 cm³/mol. The molecule has 3 nitrogen and oxygen atoms in total. The number of fused-ring (bicyclic) bond motifs is 1. The summed E-state index contributed by atoms with van der Waals surface area (Å²) in [5, 5.41) is 11.5. The monoisotopic (exact) mass is 283 g/mol. The van der Waals surface area contributed by atoms with E-state index in [2.05, 4.69) is 11.8 Å². The number of likely N-dealkylation sites (N-methyl/N-ethyl adjacent to an activating group) is 1. The van der Waals surface area contributed by atoms with Gasteiger partial charge >= 0.3 is 0 Å². The summed E-state index contributed by atoms with van der Waals surface area (Å²) in [5.41, 5.74) is 2.01. The van der Waals surface area contributed by atoms with Gasteiger partial charge in [-0.2, -0.15) is 0 Å². The van der Waals surface area contributed by atoms with Crippen molar-refractivity contribution in [3.05, 3.63) is 65.2 Å². The lowest BCUT2D eigenvalue weighted by Gasteiger charge is -2.45. The van der Waals surface area contributed by atoms with Gasteiger partial charge in [-0.1, -0.05) is 36.4 Å². The maximum atomic E-state index is 11.5. The molecule has 0 spiro atoms. The second-order valence-corrected chi connectivity index (χ2v) is 5.75. The molecule has 3 rings (SSSR count). The highest BCUT2D eigenvalue weighted by Crippen LogP contribution is 2.42. The third-order valence-corrected chi connectivity index (χ3v) is 4.62. The molecule has 2 aromatic carbocycles. The van der Waals surface area contributed by atoms with Crippen LogP contribution in [0.15, 0.2) is 48.5 Å². The van der Waals surface area contributed by atoms with E-state index in [0.29, 0.717) is 0 Å². The number of methoxy groups -OCH3 is 1. The second-order valence-electron chi connectivity index (χ2n) is 5.75. The van der Waals surface area contributed by atoms with Crippen molar-refractivity contribution in [2.24, 2.45) is 0 Å². The van der Waals surface area contributed by atoms with Crippen LogP contribution in [0.4, 0.5) is 0 Å². The predicted octanol–water partition coefficient (Wildman–Crippen LogP) is 2.77. The first-order chi connectivity index (χ1) is 10.1. The van der Waals surface area contributed by atoms with Gasteiger partial charge in [0.15, 0.2) is 0 Å². The third kappa shape index (κ3) is 2.13. The standard InChI is InChI=1S/C18H21NO2/c1-13-18(20,15-7-5-4-6-8-15)17-10-9-16(21-3)11-14(17)12-19(13)2/h4-11,13,20H,12H2,1-3H3. The first-order valence-corrected chi connectivity index (χ1v) is 7.23. The van der Waals surface area contributed by atoms with Gasteiger partial charge < -0.3 is 9.84 Å². The highest BCUT2D eigenvalue weighted by Gasteiger charge is 2.44. The van der Waals surface area contributed by atoms with Crippen LogP contribution in [0.25, 0.3) is 0 Å². The lowest BCUT2D eigenvalue weighted by Crippen LogP contribution is -2.52. The van der Waals surface area contributed by atoms with E-state index >= 15 is 0 Å². The molecule has 1 heterocycles. The highest BCUT2D eigenvalue weighted by atomic mass is 16.5. The van der Waals surface area contributed by atoms with Crippen LogP contribution in [-0.2, 0) is 12.1 Å². The molecule has 2 aromatic rings. The second kappa shape index (κ2) is 5.17. The van der Waals surface area contributed by atoms with Gasteiger partial charge in [0.25, 0.3) is 0 Å². The Morgan fingerprint density at radius 2 is 1.90 bits per heavy atom. The van der Waals surface area contributed by atoms with Crippen molar-refractivity contribution in [1.29, 1.82) is 0 Å². The lowest BCUT2D eigenvalue weighted by molar-refractivity contribution is -0.0200. The van der Waals surface area contributed by atoms with Crippen molar-refractivity contribution in [2.75, 3.05) is 14.2 Å². The molecule has 1 N–H and O–H groups in total. The van der Waals surface area contributed by atoms with E-state index in [1.165, 1.54) is 0 Å². The molecular formula is C18H21NO2. The average molecular weight is 283 g/mol. The van der Waals surface area contributed by atoms with Crippen LogP contribution in [0.5, 0.6) is 5.75 Å². The zero-order valence-corrected chi connectivity index (χ0v) is 12.7. The fourth-order valence-corrected chi connectivity index (χ4v) is 3.24. The summed E-state index contributed by atoms with van der Waals surface area (Å²) >= 11 is 0. The van der Waals surface area contributed by atoms with Crippen molar-refractivity contribution in [3.8, 4) is 5.75 Å². The molecular weight excluding hydrogens is 262 g/mol. The normalized spacial score (nSPS) is 25.4. The Labute approximate surface area is 125 Å². The summed E-state index contributed by atoms with van der Waals surface area (Å²) in [5.74, 6) is 0.826. The smallest absolute Gasteiger partial charge is 0.130 e. The zero-order valence-electron chi connectivity index (χ0n) is 12.7. The Bertz CT molecular complexity index is 641. The summed E-state index contributed by atoms with van der Waals surface area (Å²) < 4.78 is 5.32. The molecule has 21 heavy (non-hydrogen) atoms. The average Bonchev–Trinajstić information content (AvgIpc) is 2.53. The van der Waals surface area contributed by atoms with Gasteiger partial charge in [-0.25, -0.2) is 0 Å². The minimum atomic E-state index is -1.00. The lowest BCUT2D eigenvalue weighted by atomic mass is 9.75. The quantitative estimate of drug-likeness (QED) is 0.920. The van der Waals surface area contributed by atoms with Gasteiger partial charge in [0.2, 0.25) is 0 Å². The van der Waals surface area contributed by atoms with Gasteiger partial charge in [-0.3, -0.25) is 4.90 Å². The summed E-state index contributed by atoms with van der Waals surface area (Å²) in [6, 6.07) is 15.8. The number of hydrogen-bond donors (Lipinski definition) is 1. The Kier molecular flexibility index (Phi) is 3.47. The fourth-order valence-electron chi connectivity index (χ4n) is 3.24. The minimum Gasteiger partial charge on any atom is -0.497 e. The van der Waals surface area contributed by atoms with Crippen LogP contribution in [0.1, 0.15) is 23.6 Å². The van der Waals surface area contributed by atoms with E-state index in [9.17, 15) is 5.11 Å². The van der Waals surface area contributed by atoms with Gasteiger partial charge in [0, 0.05) is 12.6 Å². The largest absolute Gasteiger partial charge is 0.497 e. The van der Waals surface area contributed by atoms with Gasteiger partial charge in [-0.15, -0.1) is 0 Å². The van der Waals surface area contributed by atoms with Crippen molar-refractivity contribution in [2.45, 2.75) is 25.1 Å². The molecule has 0 amide bonds. The molecule has 0 bridgehead atoms. The topological polar surface area (TPSA) is 32.7 Å². The van der Waals surface area contributed by atoms with Gasteiger partial charge in [0.1, 0.15) is 11.4 Å². The Morgan fingerprint density at radius 1 is 1.19 bits per heavy atom. The Morgan fingerprint density at radius 3 is 2.57 bits per heavy atom. The molecule has 0 saturated carbocycles. The first kappa shape index (κ1) is 14.1. The van der Waals surface area contributed by atoms with Crippen LogP contribution in [0, 0.1) is 0 Å². The maximum Gasteiger partial charge on any atom is 0.130 e. The van der Waals surface area contributed by atoms with E-state index in [-0.39, 0.29) is 6.04 Å². The van der Waals surface area contributed by atoms with Crippen LogP contribution < -0.4 is 4.74 Å². The number of aliphatic hydroxyl groups is 1. The maximum absolute atomic E-state index is 11.5. The molecule has 110 valence electrons. The summed E-state index contributed by atoms with van der Waals surface area (Å²) in [4.78, 5) is 2.18. The third-order valence-electron chi connectivity index (χ3n) is 4.62. The van der Waals surface area contributed by atoms with Crippen LogP contribution in [0.2, 0.25) is 0 Å². The van der Waals surface area contributed by atoms with E-state index in [1.807, 2.05) is 55.6 Å². The van der Waals surface area contributed by atoms with Crippen LogP contribution >= 0.6 is 0 Å². The van der Waals surface area contributed by atoms with E-state index < -0.39 is 5.60 Å². The number of benzene rings is 2. The molecule has 0 aromatic heterocycles. The van der Waals surface area contributed by atoms with Gasteiger partial charge in [0.05, 0.1) is 7.11 Å². The molecule has 1 aliphatic heterocycles. The zero-order chi connectivity index (χ0) is 15.0. The van der Waals surface area contributed by atoms with E-state index in [4.69, 9.17) is 4.74 Å². The molecule has 3 heteroatoms. The molecule has 0 saturated heterocycles. The minimum absolute atomic E-state index is 0.000736. The van der Waals surface area contributed by atoms with Crippen molar-refractivity contribution >= 4 is 0 Å². The highest BCUT2D eigenvalue weighted by molar-refractivity contribution is 5.47. The van der Waals surface area contributed by atoms with Crippen molar-refractivity contribution in [3.63, 3.8) is 0 Å². The first-order valence-electron chi connectivity index (χ1n) is 7.23. The summed E-state index contributed by atoms with van der Waals surface area (Å²) in [7, 11) is 3.71. The molecule has 0 fully saturated rings. The number of hydrogen-bond acceptors (Lipinski definition) is 3. The number of ether oxygens (including phenoxy) is 1. The number of nitrogens with zero attached hydrogens (tertiary/aromatic N) is 1. The van der Waals surface area contributed by atoms with Crippen molar-refractivity contribution in [1.82, 2.24) is 4.90 Å². The molecule has 2 unspecified atom stereocenters. The fraction of sp³-hybridized carbons (Fsp3) is 0.333. The van der Waals surface area contributed by atoms with E-state index in [1.54, 1.807) is 7.11 Å². The Hall–Kier alpha value is -1.84. The summed E-state index contributed by atoms with van der Waals surface area (Å²) in [6.07, 6.45) is 0. The summed E-state index contributed by atoms with van der Waals surface area (Å²) in [6.45, 7) is 2.88. The SMILES string of the molecule is COc1ccc2c(c1)CN(C)C(C)C2(O)c1ccccc1. The van der Waals surface area contributed by atoms with Crippen molar-refractivity contribution < 1.29 is 9.84 Å². The molecule has 2 atom stereocenters. The number of rotatable bonds is 2. The molecule has 0 aliphatic carbocycles. The van der Waals surface area contributed by atoms with Gasteiger partial charge in [-0.05, 0) is 42.8 Å².